The highest BCUT2D eigenvalue weighted by Crippen LogP contribution is 2.33. The van der Waals surface area contributed by atoms with Gasteiger partial charge in [0, 0.05) is 36.6 Å². The number of hydrogen-bond donors (Lipinski definition) is 1. The van der Waals surface area contributed by atoms with E-state index in [9.17, 15) is 4.79 Å². The summed E-state index contributed by atoms with van der Waals surface area (Å²) in [6, 6.07) is 16.5. The van der Waals surface area contributed by atoms with Crippen LogP contribution in [0, 0.1) is 0 Å². The van der Waals surface area contributed by atoms with Crippen molar-refractivity contribution in [2.75, 3.05) is 27.3 Å². The van der Waals surface area contributed by atoms with E-state index < -0.39 is 0 Å². The number of methoxy groups -OCH3 is 2. The monoisotopic (exact) mass is 451 g/mol. The molecule has 1 fully saturated rings. The Labute approximate surface area is 193 Å². The summed E-state index contributed by atoms with van der Waals surface area (Å²) in [4.78, 5) is 19.7. The molecule has 1 aromatic heterocycles. The van der Waals surface area contributed by atoms with Crippen molar-refractivity contribution in [3.8, 4) is 22.1 Å². The third kappa shape index (κ3) is 5.66. The highest BCUT2D eigenvalue weighted by molar-refractivity contribution is 7.13. The SMILES string of the molecule is COc1ccc(-c2nc(CC(=O)NC3CCN(Cc4ccccc4)CC3)cs2)cc1OC. The molecule has 0 radical (unpaired) electrons. The van der Waals surface area contributed by atoms with Crippen LogP contribution in [0.5, 0.6) is 11.5 Å². The van der Waals surface area contributed by atoms with E-state index in [0.717, 1.165) is 48.7 Å². The zero-order valence-electron chi connectivity index (χ0n) is 18.5. The van der Waals surface area contributed by atoms with Gasteiger partial charge in [-0.05, 0) is 36.6 Å². The Morgan fingerprint density at radius 2 is 1.84 bits per heavy atom. The molecule has 32 heavy (non-hydrogen) atoms. The number of thiazole rings is 1. The quantitative estimate of drug-likeness (QED) is 0.557. The van der Waals surface area contributed by atoms with Gasteiger partial charge >= 0.3 is 0 Å². The molecule has 3 aromatic rings. The van der Waals surface area contributed by atoms with Gasteiger partial charge in [0.2, 0.25) is 5.91 Å². The maximum atomic E-state index is 12.6. The Morgan fingerprint density at radius 1 is 1.09 bits per heavy atom. The summed E-state index contributed by atoms with van der Waals surface area (Å²) in [5.74, 6) is 1.39. The van der Waals surface area contributed by atoms with Crippen molar-refractivity contribution in [2.24, 2.45) is 0 Å². The van der Waals surface area contributed by atoms with Crippen LogP contribution >= 0.6 is 11.3 Å². The molecule has 0 unspecified atom stereocenters. The van der Waals surface area contributed by atoms with Crippen molar-refractivity contribution in [3.63, 3.8) is 0 Å². The van der Waals surface area contributed by atoms with Crippen molar-refractivity contribution < 1.29 is 14.3 Å². The summed E-state index contributed by atoms with van der Waals surface area (Å²) in [6.07, 6.45) is 2.26. The first-order valence-electron chi connectivity index (χ1n) is 10.9. The molecule has 4 rings (SSSR count). The molecule has 168 valence electrons. The van der Waals surface area contributed by atoms with E-state index in [1.807, 2.05) is 29.6 Å². The van der Waals surface area contributed by atoms with Gasteiger partial charge < -0.3 is 14.8 Å². The van der Waals surface area contributed by atoms with Crippen LogP contribution in [0.15, 0.2) is 53.9 Å². The second-order valence-corrected chi connectivity index (χ2v) is 8.85. The molecular formula is C25H29N3O3S. The first-order chi connectivity index (χ1) is 15.6. The lowest BCUT2D eigenvalue weighted by Gasteiger charge is -2.32. The molecule has 2 aromatic carbocycles. The normalized spacial score (nSPS) is 14.8. The zero-order chi connectivity index (χ0) is 22.3. The van der Waals surface area contributed by atoms with Crippen LogP contribution in [0.3, 0.4) is 0 Å². The van der Waals surface area contributed by atoms with E-state index in [2.05, 4.69) is 39.5 Å². The number of ether oxygens (including phenoxy) is 2. The van der Waals surface area contributed by atoms with Crippen molar-refractivity contribution >= 4 is 17.2 Å². The third-order valence-corrected chi connectivity index (χ3v) is 6.67. The number of carbonyl (C=O) groups excluding carboxylic acids is 1. The Hall–Kier alpha value is -2.90. The first-order valence-corrected chi connectivity index (χ1v) is 11.7. The van der Waals surface area contributed by atoms with Crippen LogP contribution < -0.4 is 14.8 Å². The number of likely N-dealkylation sites (tertiary alicyclic amines) is 1. The standard InChI is InChI=1S/C25H29N3O3S/c1-30-22-9-8-19(14-23(22)31-2)25-27-21(17-32-25)15-24(29)26-20-10-12-28(13-11-20)16-18-6-4-3-5-7-18/h3-9,14,17,20H,10-13,15-16H2,1-2H3,(H,26,29). The molecule has 1 saturated heterocycles. The van der Waals surface area contributed by atoms with Crippen molar-refractivity contribution in [1.29, 1.82) is 0 Å². The van der Waals surface area contributed by atoms with Crippen LogP contribution in [-0.4, -0.2) is 49.1 Å². The van der Waals surface area contributed by atoms with Crippen LogP contribution in [0.25, 0.3) is 10.6 Å². The Kier molecular flexibility index (Phi) is 7.39. The van der Waals surface area contributed by atoms with Gasteiger partial charge in [0.1, 0.15) is 5.01 Å². The average molecular weight is 452 g/mol. The van der Waals surface area contributed by atoms with Gasteiger partial charge in [-0.25, -0.2) is 4.98 Å². The van der Waals surface area contributed by atoms with Crippen molar-refractivity contribution in [1.82, 2.24) is 15.2 Å². The molecule has 1 amide bonds. The molecule has 0 spiro atoms. The number of amides is 1. The van der Waals surface area contributed by atoms with Gasteiger partial charge in [0.05, 0.1) is 26.3 Å². The number of nitrogens with zero attached hydrogens (tertiary/aromatic N) is 2. The van der Waals surface area contributed by atoms with Crippen LogP contribution in [-0.2, 0) is 17.8 Å². The summed E-state index contributed by atoms with van der Waals surface area (Å²) in [5, 5.41) is 6.01. The molecule has 1 aliphatic heterocycles. The molecule has 1 N–H and O–H groups in total. The molecule has 0 atom stereocenters. The number of hydrogen-bond acceptors (Lipinski definition) is 6. The second kappa shape index (κ2) is 10.6. The molecule has 0 aliphatic carbocycles. The predicted molar refractivity (Wildman–Crippen MR) is 127 cm³/mol. The predicted octanol–water partition coefficient (Wildman–Crippen LogP) is 4.15. The topological polar surface area (TPSA) is 63.7 Å². The smallest absolute Gasteiger partial charge is 0.226 e. The third-order valence-electron chi connectivity index (χ3n) is 5.73. The van der Waals surface area contributed by atoms with Gasteiger partial charge in [0.15, 0.2) is 11.5 Å². The Balaban J connectivity index is 1.27. The van der Waals surface area contributed by atoms with Gasteiger partial charge in [-0.2, -0.15) is 0 Å². The van der Waals surface area contributed by atoms with E-state index in [0.29, 0.717) is 17.9 Å². The Morgan fingerprint density at radius 3 is 2.56 bits per heavy atom. The van der Waals surface area contributed by atoms with Gasteiger partial charge in [0.25, 0.3) is 0 Å². The molecule has 0 saturated carbocycles. The van der Waals surface area contributed by atoms with Crippen LogP contribution in [0.4, 0.5) is 0 Å². The minimum atomic E-state index is 0.0377. The fourth-order valence-corrected chi connectivity index (χ4v) is 4.83. The van der Waals surface area contributed by atoms with Gasteiger partial charge in [-0.1, -0.05) is 30.3 Å². The number of benzene rings is 2. The summed E-state index contributed by atoms with van der Waals surface area (Å²) < 4.78 is 10.7. The number of nitrogens with one attached hydrogen (secondary N) is 1. The highest BCUT2D eigenvalue weighted by Gasteiger charge is 2.21. The zero-order valence-corrected chi connectivity index (χ0v) is 19.4. The highest BCUT2D eigenvalue weighted by atomic mass is 32.1. The minimum absolute atomic E-state index is 0.0377. The first kappa shape index (κ1) is 22.3. The van der Waals surface area contributed by atoms with E-state index in [4.69, 9.17) is 9.47 Å². The van der Waals surface area contributed by atoms with Crippen molar-refractivity contribution in [2.45, 2.75) is 31.8 Å². The number of carbonyl (C=O) groups is 1. The summed E-state index contributed by atoms with van der Waals surface area (Å²) in [7, 11) is 3.23. The fraction of sp³-hybridized carbons (Fsp3) is 0.360. The molecular weight excluding hydrogens is 422 g/mol. The van der Waals surface area contributed by atoms with Crippen molar-refractivity contribution in [3.05, 3.63) is 65.2 Å². The molecule has 2 heterocycles. The second-order valence-electron chi connectivity index (χ2n) is 7.99. The molecule has 0 bridgehead atoms. The number of rotatable bonds is 8. The lowest BCUT2D eigenvalue weighted by atomic mass is 10.0. The van der Waals surface area contributed by atoms with Gasteiger partial charge in [-0.3, -0.25) is 9.69 Å². The molecule has 7 heteroatoms. The number of piperidine rings is 1. The average Bonchev–Trinajstić information content (AvgIpc) is 3.29. The number of aromatic nitrogens is 1. The minimum Gasteiger partial charge on any atom is -0.493 e. The maximum absolute atomic E-state index is 12.6. The largest absolute Gasteiger partial charge is 0.493 e. The summed E-state index contributed by atoms with van der Waals surface area (Å²) in [5.41, 5.74) is 3.08. The molecule has 6 nitrogen and oxygen atoms in total. The maximum Gasteiger partial charge on any atom is 0.226 e. The lowest BCUT2D eigenvalue weighted by Crippen LogP contribution is -2.44. The fourth-order valence-electron chi connectivity index (χ4n) is 4.01. The van der Waals surface area contributed by atoms with Crippen LogP contribution in [0.2, 0.25) is 0 Å². The molecule has 1 aliphatic rings. The van der Waals surface area contributed by atoms with Crippen LogP contribution in [0.1, 0.15) is 24.1 Å². The van der Waals surface area contributed by atoms with E-state index >= 15 is 0 Å². The summed E-state index contributed by atoms with van der Waals surface area (Å²) in [6.45, 7) is 2.97. The van der Waals surface area contributed by atoms with E-state index in [-0.39, 0.29) is 11.9 Å². The Bertz CT molecular complexity index is 1030. The lowest BCUT2D eigenvalue weighted by molar-refractivity contribution is -0.121. The van der Waals surface area contributed by atoms with Gasteiger partial charge in [-0.15, -0.1) is 11.3 Å². The summed E-state index contributed by atoms with van der Waals surface area (Å²) >= 11 is 1.53. The van der Waals surface area contributed by atoms with E-state index in [1.165, 1.54) is 16.9 Å². The van der Waals surface area contributed by atoms with E-state index in [1.54, 1.807) is 14.2 Å².